The molecular formula is C25H20F3N3O3S. The standard InChI is InChI=1S/C25H20F3N3O3S/c1-24(2,32)20-6-4-3-5-19(20)17-10-13-21-22(15-17)30-23(29-21)14-9-16-7-11-18(12-8-16)31-35(33,34)25(26,27)28/h3-8,10-13,15,31-32H,1-2H3,(H,29,30). The molecule has 6 nitrogen and oxygen atoms in total. The molecule has 4 aromatic rings. The van der Waals surface area contributed by atoms with Crippen molar-refractivity contribution < 1.29 is 26.7 Å². The Morgan fingerprint density at radius 1 is 0.971 bits per heavy atom. The van der Waals surface area contributed by atoms with Gasteiger partial charge in [-0.1, -0.05) is 36.3 Å². The first-order valence-corrected chi connectivity index (χ1v) is 11.8. The van der Waals surface area contributed by atoms with Crippen molar-refractivity contribution in [1.82, 2.24) is 9.97 Å². The van der Waals surface area contributed by atoms with Gasteiger partial charge in [-0.15, -0.1) is 0 Å². The summed E-state index contributed by atoms with van der Waals surface area (Å²) in [6.45, 7) is 3.45. The maximum absolute atomic E-state index is 12.5. The first-order valence-electron chi connectivity index (χ1n) is 10.4. The number of hydrogen-bond donors (Lipinski definition) is 3. The largest absolute Gasteiger partial charge is 0.516 e. The number of nitrogens with zero attached hydrogens (tertiary/aromatic N) is 1. The summed E-state index contributed by atoms with van der Waals surface area (Å²) in [6.07, 6.45) is 0. The number of aromatic nitrogens is 2. The van der Waals surface area contributed by atoms with E-state index >= 15 is 0 Å². The average molecular weight is 500 g/mol. The second-order valence-electron chi connectivity index (χ2n) is 8.30. The summed E-state index contributed by atoms with van der Waals surface area (Å²) < 4.78 is 61.3. The number of anilines is 1. The number of hydrogen-bond acceptors (Lipinski definition) is 4. The van der Waals surface area contributed by atoms with Crippen molar-refractivity contribution >= 4 is 26.7 Å². The Morgan fingerprint density at radius 3 is 2.31 bits per heavy atom. The minimum atomic E-state index is -5.48. The molecule has 0 saturated heterocycles. The van der Waals surface area contributed by atoms with Gasteiger partial charge < -0.3 is 10.1 Å². The van der Waals surface area contributed by atoms with Crippen LogP contribution in [0.1, 0.15) is 30.8 Å². The molecule has 0 amide bonds. The van der Waals surface area contributed by atoms with Crippen molar-refractivity contribution in [1.29, 1.82) is 0 Å². The summed E-state index contributed by atoms with van der Waals surface area (Å²) in [5.74, 6) is 6.09. The molecule has 0 radical (unpaired) electrons. The maximum Gasteiger partial charge on any atom is 0.516 e. The molecule has 180 valence electrons. The number of fused-ring (bicyclic) bond motifs is 1. The zero-order chi connectivity index (χ0) is 25.4. The highest BCUT2D eigenvalue weighted by Gasteiger charge is 2.46. The van der Waals surface area contributed by atoms with Crippen molar-refractivity contribution in [3.05, 3.63) is 83.7 Å². The van der Waals surface area contributed by atoms with E-state index in [1.807, 2.05) is 42.5 Å². The van der Waals surface area contributed by atoms with E-state index in [0.29, 0.717) is 16.9 Å². The van der Waals surface area contributed by atoms with Crippen LogP contribution >= 0.6 is 0 Å². The number of rotatable bonds is 4. The van der Waals surface area contributed by atoms with E-state index in [0.717, 1.165) is 22.2 Å². The van der Waals surface area contributed by atoms with Crippen LogP contribution in [0.4, 0.5) is 18.9 Å². The van der Waals surface area contributed by atoms with E-state index in [4.69, 9.17) is 0 Å². The van der Waals surface area contributed by atoms with Crippen molar-refractivity contribution in [2.45, 2.75) is 25.0 Å². The van der Waals surface area contributed by atoms with Gasteiger partial charge in [0.2, 0.25) is 0 Å². The van der Waals surface area contributed by atoms with Gasteiger partial charge in [-0.3, -0.25) is 4.72 Å². The zero-order valence-corrected chi connectivity index (χ0v) is 19.4. The molecule has 1 heterocycles. The SMILES string of the molecule is CC(C)(O)c1ccccc1-c1ccc2[nH]c(C#Cc3ccc(NS(=O)(=O)C(F)(F)F)cc3)nc2c1. The third-order valence-electron chi connectivity index (χ3n) is 5.15. The van der Waals surface area contributed by atoms with Gasteiger partial charge in [0.1, 0.15) is 0 Å². The third-order valence-corrected chi connectivity index (χ3v) is 6.26. The van der Waals surface area contributed by atoms with Crippen molar-refractivity contribution in [3.63, 3.8) is 0 Å². The average Bonchev–Trinajstić information content (AvgIpc) is 3.19. The van der Waals surface area contributed by atoms with Crippen molar-refractivity contribution in [2.75, 3.05) is 4.72 Å². The van der Waals surface area contributed by atoms with Gasteiger partial charge in [0.15, 0.2) is 5.82 Å². The zero-order valence-electron chi connectivity index (χ0n) is 18.6. The van der Waals surface area contributed by atoms with Crippen LogP contribution in [0.15, 0.2) is 66.7 Å². The molecule has 10 heteroatoms. The summed E-state index contributed by atoms with van der Waals surface area (Å²) in [6, 6.07) is 18.4. The van der Waals surface area contributed by atoms with Crippen LogP contribution < -0.4 is 4.72 Å². The Bertz CT molecular complexity index is 1560. The van der Waals surface area contributed by atoms with Crippen LogP contribution in [0.3, 0.4) is 0 Å². The van der Waals surface area contributed by atoms with Crippen LogP contribution in [0, 0.1) is 11.8 Å². The highest BCUT2D eigenvalue weighted by atomic mass is 32.2. The molecule has 3 aromatic carbocycles. The Morgan fingerprint density at radius 2 is 1.66 bits per heavy atom. The molecule has 0 aliphatic rings. The summed E-state index contributed by atoms with van der Waals surface area (Å²) in [5.41, 5.74) is -2.19. The molecule has 0 aliphatic carbocycles. The lowest BCUT2D eigenvalue weighted by molar-refractivity contribution is -0.0429. The lowest BCUT2D eigenvalue weighted by Gasteiger charge is -2.21. The predicted molar refractivity (Wildman–Crippen MR) is 128 cm³/mol. The number of benzene rings is 3. The van der Waals surface area contributed by atoms with Gasteiger partial charge in [-0.2, -0.15) is 21.6 Å². The van der Waals surface area contributed by atoms with Gasteiger partial charge in [-0.25, -0.2) is 4.98 Å². The van der Waals surface area contributed by atoms with Crippen LogP contribution in [0.5, 0.6) is 0 Å². The van der Waals surface area contributed by atoms with E-state index in [1.54, 1.807) is 13.8 Å². The molecule has 0 aliphatic heterocycles. The number of H-pyrrole nitrogens is 1. The Hall–Kier alpha value is -3.81. The lowest BCUT2D eigenvalue weighted by atomic mass is 9.89. The number of aliphatic hydroxyl groups is 1. The second kappa shape index (κ2) is 8.76. The molecule has 1 aromatic heterocycles. The summed E-state index contributed by atoms with van der Waals surface area (Å²) in [5, 5.41) is 10.5. The van der Waals surface area contributed by atoms with E-state index in [-0.39, 0.29) is 5.69 Å². The second-order valence-corrected chi connectivity index (χ2v) is 9.97. The van der Waals surface area contributed by atoms with Gasteiger partial charge >= 0.3 is 15.5 Å². The van der Waals surface area contributed by atoms with E-state index < -0.39 is 21.1 Å². The summed E-state index contributed by atoms with van der Waals surface area (Å²) >= 11 is 0. The van der Waals surface area contributed by atoms with Gasteiger partial charge in [-0.05, 0) is 72.9 Å². The Labute approximate surface area is 199 Å². The van der Waals surface area contributed by atoms with Crippen LogP contribution in [0.2, 0.25) is 0 Å². The van der Waals surface area contributed by atoms with Crippen molar-refractivity contribution in [3.8, 4) is 23.0 Å². The molecule has 0 unspecified atom stereocenters. The van der Waals surface area contributed by atoms with Crippen LogP contribution in [0.25, 0.3) is 22.2 Å². The molecule has 3 N–H and O–H groups in total. The highest BCUT2D eigenvalue weighted by molar-refractivity contribution is 7.93. The number of imidazole rings is 1. The molecule has 0 spiro atoms. The van der Waals surface area contributed by atoms with E-state index in [9.17, 15) is 26.7 Å². The number of nitrogens with one attached hydrogen (secondary N) is 2. The molecule has 0 fully saturated rings. The smallest absolute Gasteiger partial charge is 0.386 e. The van der Waals surface area contributed by atoms with Gasteiger partial charge in [0, 0.05) is 11.3 Å². The third kappa shape index (κ3) is 5.31. The van der Waals surface area contributed by atoms with Crippen LogP contribution in [-0.4, -0.2) is 29.0 Å². The fourth-order valence-electron chi connectivity index (χ4n) is 3.47. The molecule has 0 saturated carbocycles. The van der Waals surface area contributed by atoms with Gasteiger partial charge in [0.25, 0.3) is 0 Å². The first-order chi connectivity index (χ1) is 16.3. The summed E-state index contributed by atoms with van der Waals surface area (Å²) in [4.78, 5) is 7.59. The number of aromatic amines is 1. The normalized spacial score (nSPS) is 12.3. The summed E-state index contributed by atoms with van der Waals surface area (Å²) in [7, 11) is -5.48. The monoisotopic (exact) mass is 499 g/mol. The fraction of sp³-hybridized carbons (Fsp3) is 0.160. The molecular weight excluding hydrogens is 479 g/mol. The number of alkyl halides is 3. The Kier molecular flexibility index (Phi) is 6.09. The minimum Gasteiger partial charge on any atom is -0.386 e. The lowest BCUT2D eigenvalue weighted by Crippen LogP contribution is -2.29. The van der Waals surface area contributed by atoms with Gasteiger partial charge in [0.05, 0.1) is 16.6 Å². The molecule has 0 bridgehead atoms. The minimum absolute atomic E-state index is 0.226. The predicted octanol–water partition coefficient (Wildman–Crippen LogP) is 5.12. The van der Waals surface area contributed by atoms with E-state index in [2.05, 4.69) is 21.8 Å². The topological polar surface area (TPSA) is 95.1 Å². The maximum atomic E-state index is 12.5. The van der Waals surface area contributed by atoms with Crippen LogP contribution in [-0.2, 0) is 15.6 Å². The fourth-order valence-corrected chi connectivity index (χ4v) is 4.03. The van der Waals surface area contributed by atoms with Crippen molar-refractivity contribution in [2.24, 2.45) is 0 Å². The number of halogens is 3. The number of sulfonamides is 1. The quantitative estimate of drug-likeness (QED) is 0.340. The first kappa shape index (κ1) is 24.3. The molecule has 0 atom stereocenters. The Balaban J connectivity index is 1.57. The highest BCUT2D eigenvalue weighted by Crippen LogP contribution is 2.32. The molecule has 4 rings (SSSR count). The van der Waals surface area contributed by atoms with E-state index in [1.165, 1.54) is 29.0 Å². The molecule has 35 heavy (non-hydrogen) atoms.